The molecule has 1 aliphatic carbocycles. The summed E-state index contributed by atoms with van der Waals surface area (Å²) in [4.78, 5) is 25.3. The van der Waals surface area contributed by atoms with Crippen LogP contribution in [-0.2, 0) is 4.79 Å². The SMILES string of the molecule is Cc1oc2ccc(SCC3CC3)cc2c1C(=O)N[C@@](C)(CO)C(N)=O. The first kappa shape index (κ1) is 17.8. The summed E-state index contributed by atoms with van der Waals surface area (Å²) in [6, 6.07) is 5.78. The van der Waals surface area contributed by atoms with E-state index in [1.54, 1.807) is 18.7 Å². The Bertz CT molecular complexity index is 828. The lowest BCUT2D eigenvalue weighted by molar-refractivity contribution is -0.124. The zero-order chi connectivity index (χ0) is 18.2. The van der Waals surface area contributed by atoms with Crippen molar-refractivity contribution in [2.45, 2.75) is 37.1 Å². The monoisotopic (exact) mass is 362 g/mol. The third-order valence-corrected chi connectivity index (χ3v) is 5.72. The molecule has 134 valence electrons. The van der Waals surface area contributed by atoms with Crippen molar-refractivity contribution in [3.8, 4) is 0 Å². The van der Waals surface area contributed by atoms with E-state index in [-0.39, 0.29) is 0 Å². The first-order valence-corrected chi connectivity index (χ1v) is 9.22. The van der Waals surface area contributed by atoms with Crippen LogP contribution in [0.5, 0.6) is 0 Å². The standard InChI is InChI=1S/C18H22N2O4S/c1-10-15(16(22)20-18(2,9-21)17(19)23)13-7-12(5-6-14(13)24-10)25-8-11-3-4-11/h5-7,11,21H,3-4,8-9H2,1-2H3,(H2,19,23)(H,20,22)/t18-/m0/s1. The van der Waals surface area contributed by atoms with E-state index in [1.807, 2.05) is 18.2 Å². The summed E-state index contributed by atoms with van der Waals surface area (Å²) in [6.45, 7) is 2.51. The average Bonchev–Trinajstić information content (AvgIpc) is 3.33. The van der Waals surface area contributed by atoms with E-state index in [1.165, 1.54) is 19.8 Å². The van der Waals surface area contributed by atoms with Crippen molar-refractivity contribution in [3.05, 3.63) is 29.5 Å². The van der Waals surface area contributed by atoms with Crippen LogP contribution in [0.25, 0.3) is 11.0 Å². The maximum Gasteiger partial charge on any atom is 0.256 e. The number of carbonyl (C=O) groups excluding carboxylic acids is 2. The van der Waals surface area contributed by atoms with E-state index < -0.39 is 24.0 Å². The maximum atomic E-state index is 12.7. The molecule has 1 aliphatic rings. The second kappa shape index (κ2) is 6.72. The van der Waals surface area contributed by atoms with Crippen LogP contribution < -0.4 is 11.1 Å². The Kier molecular flexibility index (Phi) is 4.79. The van der Waals surface area contributed by atoms with Gasteiger partial charge in [0.25, 0.3) is 5.91 Å². The van der Waals surface area contributed by atoms with Crippen LogP contribution in [0.1, 0.15) is 35.9 Å². The van der Waals surface area contributed by atoms with Gasteiger partial charge >= 0.3 is 0 Å². The quantitative estimate of drug-likeness (QED) is 0.655. The Labute approximate surface area is 150 Å². The van der Waals surface area contributed by atoms with E-state index in [4.69, 9.17) is 10.2 Å². The molecule has 7 heteroatoms. The number of benzene rings is 1. The first-order chi connectivity index (χ1) is 11.8. The third-order valence-electron chi connectivity index (χ3n) is 4.49. The van der Waals surface area contributed by atoms with Crippen LogP contribution in [0.4, 0.5) is 0 Å². The number of nitrogens with two attached hydrogens (primary N) is 1. The van der Waals surface area contributed by atoms with Crippen molar-refractivity contribution in [1.29, 1.82) is 0 Å². The van der Waals surface area contributed by atoms with Crippen molar-refractivity contribution < 1.29 is 19.1 Å². The lowest BCUT2D eigenvalue weighted by Crippen LogP contribution is -2.57. The molecule has 2 amide bonds. The summed E-state index contributed by atoms with van der Waals surface area (Å²) in [6.07, 6.45) is 2.58. The van der Waals surface area contributed by atoms with Gasteiger partial charge in [0.15, 0.2) is 0 Å². The highest BCUT2D eigenvalue weighted by atomic mass is 32.2. The molecule has 1 atom stereocenters. The average molecular weight is 362 g/mol. The van der Waals surface area contributed by atoms with Crippen LogP contribution in [0, 0.1) is 12.8 Å². The summed E-state index contributed by atoms with van der Waals surface area (Å²) in [7, 11) is 0. The second-order valence-electron chi connectivity index (χ2n) is 6.75. The molecule has 1 saturated carbocycles. The molecule has 0 bridgehead atoms. The van der Waals surface area contributed by atoms with Gasteiger partial charge in [0, 0.05) is 16.0 Å². The number of aryl methyl sites for hydroxylation is 1. The predicted octanol–water partition coefficient (Wildman–Crippen LogP) is 2.21. The number of fused-ring (bicyclic) bond motifs is 1. The van der Waals surface area contributed by atoms with Gasteiger partial charge in [0.1, 0.15) is 16.9 Å². The van der Waals surface area contributed by atoms with Crippen molar-refractivity contribution >= 4 is 34.5 Å². The Morgan fingerprint density at radius 3 is 2.76 bits per heavy atom. The molecule has 0 radical (unpaired) electrons. The lowest BCUT2D eigenvalue weighted by atomic mass is 10.0. The summed E-state index contributed by atoms with van der Waals surface area (Å²) in [5, 5.41) is 12.6. The highest BCUT2D eigenvalue weighted by Gasteiger charge is 2.34. The van der Waals surface area contributed by atoms with Gasteiger partial charge in [-0.05, 0) is 50.8 Å². The zero-order valence-electron chi connectivity index (χ0n) is 14.3. The van der Waals surface area contributed by atoms with Gasteiger partial charge in [-0.1, -0.05) is 0 Å². The summed E-state index contributed by atoms with van der Waals surface area (Å²) >= 11 is 1.77. The van der Waals surface area contributed by atoms with Crippen LogP contribution >= 0.6 is 11.8 Å². The Morgan fingerprint density at radius 1 is 1.44 bits per heavy atom. The highest BCUT2D eigenvalue weighted by Crippen LogP contribution is 2.36. The van der Waals surface area contributed by atoms with Crippen molar-refractivity contribution in [2.24, 2.45) is 11.7 Å². The fourth-order valence-electron chi connectivity index (χ4n) is 2.56. The molecule has 0 spiro atoms. The largest absolute Gasteiger partial charge is 0.461 e. The number of thioether (sulfide) groups is 1. The van der Waals surface area contributed by atoms with Gasteiger partial charge < -0.3 is 20.6 Å². The van der Waals surface area contributed by atoms with E-state index in [0.29, 0.717) is 22.3 Å². The molecule has 1 fully saturated rings. The van der Waals surface area contributed by atoms with E-state index in [0.717, 1.165) is 16.6 Å². The van der Waals surface area contributed by atoms with E-state index in [9.17, 15) is 14.7 Å². The second-order valence-corrected chi connectivity index (χ2v) is 7.85. The van der Waals surface area contributed by atoms with Crippen LogP contribution in [0.2, 0.25) is 0 Å². The van der Waals surface area contributed by atoms with E-state index in [2.05, 4.69) is 5.32 Å². The molecule has 3 rings (SSSR count). The maximum absolute atomic E-state index is 12.7. The Hall–Kier alpha value is -1.99. The third kappa shape index (κ3) is 3.67. The van der Waals surface area contributed by atoms with Crippen molar-refractivity contribution in [2.75, 3.05) is 12.4 Å². The lowest BCUT2D eigenvalue weighted by Gasteiger charge is -2.24. The Morgan fingerprint density at radius 2 is 2.16 bits per heavy atom. The van der Waals surface area contributed by atoms with Gasteiger partial charge in [-0.15, -0.1) is 11.8 Å². The molecular formula is C18H22N2O4S. The fraction of sp³-hybridized carbons (Fsp3) is 0.444. The molecule has 25 heavy (non-hydrogen) atoms. The van der Waals surface area contributed by atoms with Crippen molar-refractivity contribution in [1.82, 2.24) is 5.32 Å². The van der Waals surface area contributed by atoms with Gasteiger partial charge in [0.2, 0.25) is 5.91 Å². The normalized spacial score (nSPS) is 16.6. The van der Waals surface area contributed by atoms with Crippen molar-refractivity contribution in [3.63, 3.8) is 0 Å². The fourth-order valence-corrected chi connectivity index (χ4v) is 3.69. The van der Waals surface area contributed by atoms with E-state index >= 15 is 0 Å². The topological polar surface area (TPSA) is 106 Å². The van der Waals surface area contributed by atoms with Gasteiger partial charge in [0.05, 0.1) is 12.2 Å². The summed E-state index contributed by atoms with van der Waals surface area (Å²) < 4.78 is 5.67. The van der Waals surface area contributed by atoms with Crippen LogP contribution in [-0.4, -0.2) is 34.8 Å². The molecule has 1 heterocycles. The Balaban J connectivity index is 1.90. The minimum atomic E-state index is -1.52. The molecule has 2 aromatic rings. The molecule has 0 saturated heterocycles. The van der Waals surface area contributed by atoms with Gasteiger partial charge in [-0.25, -0.2) is 0 Å². The number of amides is 2. The molecule has 6 nitrogen and oxygen atoms in total. The van der Waals surface area contributed by atoms with Gasteiger partial charge in [-0.2, -0.15) is 0 Å². The highest BCUT2D eigenvalue weighted by molar-refractivity contribution is 7.99. The zero-order valence-corrected chi connectivity index (χ0v) is 15.1. The molecular weight excluding hydrogens is 340 g/mol. The predicted molar refractivity (Wildman–Crippen MR) is 96.6 cm³/mol. The van der Waals surface area contributed by atoms with Crippen LogP contribution in [0.15, 0.2) is 27.5 Å². The number of hydrogen-bond donors (Lipinski definition) is 3. The minimum absolute atomic E-state index is 0.366. The molecule has 0 aliphatic heterocycles. The smallest absolute Gasteiger partial charge is 0.256 e. The van der Waals surface area contributed by atoms with Crippen LogP contribution in [0.3, 0.4) is 0 Å². The number of rotatable bonds is 7. The first-order valence-electron chi connectivity index (χ1n) is 8.23. The minimum Gasteiger partial charge on any atom is -0.461 e. The molecule has 4 N–H and O–H groups in total. The number of carbonyl (C=O) groups is 2. The molecule has 1 aromatic carbocycles. The van der Waals surface area contributed by atoms with Gasteiger partial charge in [-0.3, -0.25) is 9.59 Å². The number of aliphatic hydroxyl groups excluding tert-OH is 1. The number of furan rings is 1. The molecule has 1 aromatic heterocycles. The molecule has 0 unspecified atom stereocenters. The number of primary amides is 1. The summed E-state index contributed by atoms with van der Waals surface area (Å²) in [5.41, 5.74) is 4.75. The number of hydrogen-bond acceptors (Lipinski definition) is 5. The summed E-state index contributed by atoms with van der Waals surface area (Å²) in [5.74, 6) is 1.05. The number of aliphatic hydroxyl groups is 1. The number of nitrogens with one attached hydrogen (secondary N) is 1.